The van der Waals surface area contributed by atoms with Gasteiger partial charge in [-0.3, -0.25) is 9.69 Å². The van der Waals surface area contributed by atoms with Crippen LogP contribution >= 0.6 is 7.82 Å². The highest BCUT2D eigenvalue weighted by Crippen LogP contribution is 2.45. The first kappa shape index (κ1) is 20.5. The van der Waals surface area contributed by atoms with Crippen LogP contribution in [0.5, 0.6) is 23.0 Å². The molecule has 0 saturated heterocycles. The molecular weight excluding hydrogens is 395 g/mol. The van der Waals surface area contributed by atoms with Gasteiger partial charge in [-0.2, -0.15) is 0 Å². The molecule has 0 saturated carbocycles. The largest absolute Gasteiger partial charge is 0.584 e. The van der Waals surface area contributed by atoms with Crippen LogP contribution in [-0.4, -0.2) is 22.9 Å². The van der Waals surface area contributed by atoms with Gasteiger partial charge < -0.3 is 18.9 Å². The Kier molecular flexibility index (Phi) is 6.22. The maximum absolute atomic E-state index is 12.5. The van der Waals surface area contributed by atoms with Gasteiger partial charge in [-0.25, -0.2) is 4.57 Å². The number of ketones is 1. The summed E-state index contributed by atoms with van der Waals surface area (Å²) in [6, 6.07) is 18.8. The highest BCUT2D eigenvalue weighted by Gasteiger charge is 2.25. The van der Waals surface area contributed by atoms with Gasteiger partial charge in [-0.05, 0) is 42.0 Å². The predicted molar refractivity (Wildman–Crippen MR) is 107 cm³/mol. The first-order valence-corrected chi connectivity index (χ1v) is 10.1. The molecule has 2 N–H and O–H groups in total. The molecule has 0 aliphatic carbocycles. The Morgan fingerprint density at radius 2 is 1.52 bits per heavy atom. The minimum atomic E-state index is -4.47. The van der Waals surface area contributed by atoms with Crippen molar-refractivity contribution >= 4 is 13.6 Å². The highest BCUT2D eigenvalue weighted by atomic mass is 31.2. The Hall–Kier alpha value is -3.28. The molecule has 0 aliphatic rings. The van der Waals surface area contributed by atoms with Crippen LogP contribution in [0.2, 0.25) is 0 Å². The van der Waals surface area contributed by atoms with E-state index in [4.69, 9.17) is 13.8 Å². The quantitative estimate of drug-likeness (QED) is 0.416. The fourth-order valence-electron chi connectivity index (χ4n) is 2.59. The maximum atomic E-state index is 12.5. The molecular formula is C21H19O7P. The zero-order chi connectivity index (χ0) is 20.9. The van der Waals surface area contributed by atoms with E-state index in [1.54, 1.807) is 49.6 Å². The number of hydrogen-bond donors (Lipinski definition) is 2. The van der Waals surface area contributed by atoms with Gasteiger partial charge in [0.1, 0.15) is 23.0 Å². The van der Waals surface area contributed by atoms with Crippen molar-refractivity contribution in [1.82, 2.24) is 0 Å². The Morgan fingerprint density at radius 3 is 2.14 bits per heavy atom. The SMILES string of the molecule is COc1ccc(CC(=O)c2ccc(OP(=O)(O)Oc3ccccc3)cc2O)cc1. The molecule has 0 heterocycles. The molecule has 0 spiro atoms. The van der Waals surface area contributed by atoms with Gasteiger partial charge in [0.2, 0.25) is 0 Å². The number of benzene rings is 3. The first-order chi connectivity index (χ1) is 13.9. The normalized spacial score (nSPS) is 12.6. The van der Waals surface area contributed by atoms with Crippen molar-refractivity contribution in [3.05, 3.63) is 83.9 Å². The van der Waals surface area contributed by atoms with Crippen LogP contribution in [0.25, 0.3) is 0 Å². The van der Waals surface area contributed by atoms with Gasteiger partial charge >= 0.3 is 7.82 Å². The van der Waals surface area contributed by atoms with Gasteiger partial charge in [-0.15, -0.1) is 0 Å². The number of carbonyl (C=O) groups is 1. The summed E-state index contributed by atoms with van der Waals surface area (Å²) in [5.41, 5.74) is 0.830. The molecule has 3 rings (SSSR count). The van der Waals surface area contributed by atoms with Crippen LogP contribution in [0.15, 0.2) is 72.8 Å². The van der Waals surface area contributed by atoms with Crippen molar-refractivity contribution < 1.29 is 33.1 Å². The van der Waals surface area contributed by atoms with E-state index in [2.05, 4.69) is 0 Å². The molecule has 0 radical (unpaired) electrons. The topological polar surface area (TPSA) is 102 Å². The van der Waals surface area contributed by atoms with Crippen LogP contribution in [0.4, 0.5) is 0 Å². The lowest BCUT2D eigenvalue weighted by atomic mass is 10.0. The van der Waals surface area contributed by atoms with Crippen LogP contribution < -0.4 is 13.8 Å². The number of phenolic OH excluding ortho intramolecular Hbond substituents is 1. The summed E-state index contributed by atoms with van der Waals surface area (Å²) in [7, 11) is -2.91. The minimum absolute atomic E-state index is 0.0740. The van der Waals surface area contributed by atoms with Crippen molar-refractivity contribution in [3.8, 4) is 23.0 Å². The number of ether oxygens (including phenoxy) is 1. The predicted octanol–water partition coefficient (Wildman–Crippen LogP) is 4.38. The van der Waals surface area contributed by atoms with Gasteiger partial charge in [0.05, 0.1) is 12.7 Å². The van der Waals surface area contributed by atoms with Crippen LogP contribution in [0, 0.1) is 0 Å². The third-order valence-electron chi connectivity index (χ3n) is 3.98. The molecule has 29 heavy (non-hydrogen) atoms. The third-order valence-corrected chi connectivity index (χ3v) is 4.86. The summed E-state index contributed by atoms with van der Waals surface area (Å²) >= 11 is 0. The van der Waals surface area contributed by atoms with E-state index >= 15 is 0 Å². The Labute approximate surface area is 167 Å². The third kappa shape index (κ3) is 5.60. The van der Waals surface area contributed by atoms with E-state index < -0.39 is 7.82 Å². The number of Topliss-reactive ketones (excluding diaryl/α,β-unsaturated/α-hetero) is 1. The number of phosphoric ester groups is 1. The first-order valence-electron chi connectivity index (χ1n) is 8.62. The van der Waals surface area contributed by atoms with Gasteiger partial charge in [0.15, 0.2) is 5.78 Å². The average molecular weight is 414 g/mol. The molecule has 0 fully saturated rings. The number of phenols is 1. The Balaban J connectivity index is 1.68. The van der Waals surface area contributed by atoms with Gasteiger partial charge in [0.25, 0.3) is 0 Å². The van der Waals surface area contributed by atoms with Crippen LogP contribution in [-0.2, 0) is 11.0 Å². The number of phosphoric acid groups is 1. The average Bonchev–Trinajstić information content (AvgIpc) is 2.68. The number of carbonyl (C=O) groups excluding carboxylic acids is 1. The number of methoxy groups -OCH3 is 1. The lowest BCUT2D eigenvalue weighted by Gasteiger charge is -2.14. The fourth-order valence-corrected chi connectivity index (χ4v) is 3.40. The molecule has 0 bridgehead atoms. The van der Waals surface area contributed by atoms with E-state index in [9.17, 15) is 19.4 Å². The molecule has 3 aromatic rings. The zero-order valence-corrected chi connectivity index (χ0v) is 16.4. The molecule has 1 unspecified atom stereocenters. The van der Waals surface area contributed by atoms with Crippen LogP contribution in [0.3, 0.4) is 0 Å². The fraction of sp³-hybridized carbons (Fsp3) is 0.0952. The summed E-state index contributed by atoms with van der Waals surface area (Å²) < 4.78 is 27.1. The lowest BCUT2D eigenvalue weighted by Crippen LogP contribution is -2.05. The standard InChI is InChI=1S/C21H19O7P/c1-26-16-9-7-15(8-10-16)13-20(22)19-12-11-18(14-21(19)23)28-29(24,25)27-17-5-3-2-4-6-17/h2-12,14,23H,13H2,1H3,(H,24,25). The second-order valence-electron chi connectivity index (χ2n) is 6.09. The maximum Gasteiger partial charge on any atom is 0.584 e. The molecule has 7 nitrogen and oxygen atoms in total. The molecule has 150 valence electrons. The molecule has 8 heteroatoms. The molecule has 0 aliphatic heterocycles. The smallest absolute Gasteiger partial charge is 0.507 e. The number of para-hydroxylation sites is 1. The summed E-state index contributed by atoms with van der Waals surface area (Å²) in [6.07, 6.45) is 0.0768. The molecule has 0 aromatic heterocycles. The molecule has 3 aromatic carbocycles. The van der Waals surface area contributed by atoms with Gasteiger partial charge in [0, 0.05) is 12.5 Å². The summed E-state index contributed by atoms with van der Waals surface area (Å²) in [5.74, 6) is 0.0588. The van der Waals surface area contributed by atoms with E-state index in [-0.39, 0.29) is 35.0 Å². The van der Waals surface area contributed by atoms with E-state index in [1.807, 2.05) is 0 Å². The number of hydrogen-bond acceptors (Lipinski definition) is 6. The van der Waals surface area contributed by atoms with Crippen molar-refractivity contribution in [1.29, 1.82) is 0 Å². The summed E-state index contributed by atoms with van der Waals surface area (Å²) in [5, 5.41) is 10.2. The van der Waals surface area contributed by atoms with Crippen molar-refractivity contribution in [2.24, 2.45) is 0 Å². The highest BCUT2D eigenvalue weighted by molar-refractivity contribution is 7.48. The summed E-state index contributed by atoms with van der Waals surface area (Å²) in [4.78, 5) is 22.3. The Morgan fingerprint density at radius 1 is 0.897 bits per heavy atom. The zero-order valence-electron chi connectivity index (χ0n) is 15.5. The summed E-state index contributed by atoms with van der Waals surface area (Å²) in [6.45, 7) is 0. The van der Waals surface area contributed by atoms with Crippen molar-refractivity contribution in [2.45, 2.75) is 6.42 Å². The van der Waals surface area contributed by atoms with Gasteiger partial charge in [-0.1, -0.05) is 30.3 Å². The second-order valence-corrected chi connectivity index (χ2v) is 7.39. The van der Waals surface area contributed by atoms with E-state index in [0.29, 0.717) is 5.75 Å². The minimum Gasteiger partial charge on any atom is -0.507 e. The second kappa shape index (κ2) is 8.82. The molecule has 0 amide bonds. The Bertz CT molecular complexity index is 1030. The van der Waals surface area contributed by atoms with Crippen molar-refractivity contribution in [2.75, 3.05) is 7.11 Å². The van der Waals surface area contributed by atoms with Crippen molar-refractivity contribution in [3.63, 3.8) is 0 Å². The number of aromatic hydroxyl groups is 1. The van der Waals surface area contributed by atoms with Crippen LogP contribution in [0.1, 0.15) is 15.9 Å². The van der Waals surface area contributed by atoms with E-state index in [1.165, 1.54) is 24.3 Å². The monoisotopic (exact) mass is 414 g/mol. The molecule has 1 atom stereocenters. The lowest BCUT2D eigenvalue weighted by molar-refractivity contribution is 0.0990. The number of rotatable bonds is 8. The van der Waals surface area contributed by atoms with E-state index in [0.717, 1.165) is 11.6 Å².